The molecule has 0 saturated carbocycles. The summed E-state index contributed by atoms with van der Waals surface area (Å²) in [5.41, 5.74) is 2.59. The second-order valence-corrected chi connectivity index (χ2v) is 5.47. The highest BCUT2D eigenvalue weighted by Crippen LogP contribution is 2.16. The fraction of sp³-hybridized carbons (Fsp3) is 0.158. The maximum atomic E-state index is 12.2. The summed E-state index contributed by atoms with van der Waals surface area (Å²) in [6.07, 6.45) is 5.74. The molecule has 2 N–H and O–H groups in total. The van der Waals surface area contributed by atoms with Crippen molar-refractivity contribution in [3.8, 4) is 5.69 Å². The molecule has 0 aliphatic carbocycles. The molecule has 0 fully saturated rings. The van der Waals surface area contributed by atoms with Gasteiger partial charge in [-0.05, 0) is 42.8 Å². The molecule has 3 aromatic rings. The Bertz CT molecular complexity index is 848. The molecular weight excluding hydrogens is 318 g/mol. The lowest BCUT2D eigenvalue weighted by molar-refractivity contribution is -0.115. The van der Waals surface area contributed by atoms with Gasteiger partial charge in [-0.2, -0.15) is 0 Å². The number of anilines is 1. The van der Waals surface area contributed by atoms with Gasteiger partial charge in [0.25, 0.3) is 0 Å². The number of esters is 1. The van der Waals surface area contributed by atoms with Crippen LogP contribution in [0.3, 0.4) is 0 Å². The van der Waals surface area contributed by atoms with Gasteiger partial charge in [-0.3, -0.25) is 4.79 Å². The average Bonchev–Trinajstić information content (AvgIpc) is 3.27. The van der Waals surface area contributed by atoms with Crippen LogP contribution in [0.25, 0.3) is 5.69 Å². The third kappa shape index (κ3) is 3.98. The normalized spacial score (nSPS) is 10.4. The third-order valence-corrected chi connectivity index (χ3v) is 3.70. The molecule has 6 heteroatoms. The number of amides is 1. The number of benzene rings is 1. The molecule has 2 aromatic heterocycles. The highest BCUT2D eigenvalue weighted by molar-refractivity contribution is 6.00. The van der Waals surface area contributed by atoms with Crippen molar-refractivity contribution < 1.29 is 14.3 Å². The molecule has 1 amide bonds. The highest BCUT2D eigenvalue weighted by Gasteiger charge is 2.15. The summed E-state index contributed by atoms with van der Waals surface area (Å²) in [5.74, 6) is -0.683. The van der Waals surface area contributed by atoms with Gasteiger partial charge in [0.2, 0.25) is 5.91 Å². The van der Waals surface area contributed by atoms with E-state index >= 15 is 0 Å². The number of carbonyl (C=O) groups excluding carboxylic acids is 2. The van der Waals surface area contributed by atoms with Gasteiger partial charge < -0.3 is 19.6 Å². The lowest BCUT2D eigenvalue weighted by Gasteiger charge is -2.08. The zero-order chi connectivity index (χ0) is 17.6. The van der Waals surface area contributed by atoms with E-state index in [1.54, 1.807) is 19.2 Å². The van der Waals surface area contributed by atoms with E-state index in [1.165, 1.54) is 0 Å². The Balaban J connectivity index is 1.63. The van der Waals surface area contributed by atoms with Crippen molar-refractivity contribution in [2.75, 3.05) is 11.9 Å². The number of carbonyl (C=O) groups is 2. The zero-order valence-electron chi connectivity index (χ0n) is 13.9. The van der Waals surface area contributed by atoms with E-state index < -0.39 is 5.97 Å². The van der Waals surface area contributed by atoms with Gasteiger partial charge in [0, 0.05) is 24.3 Å². The molecule has 0 aliphatic heterocycles. The Morgan fingerprint density at radius 2 is 1.84 bits per heavy atom. The van der Waals surface area contributed by atoms with Gasteiger partial charge in [0.15, 0.2) is 0 Å². The molecule has 6 nitrogen and oxygen atoms in total. The van der Waals surface area contributed by atoms with Crippen LogP contribution in [0.5, 0.6) is 0 Å². The molecular formula is C19H19N3O3. The van der Waals surface area contributed by atoms with Crippen molar-refractivity contribution in [2.45, 2.75) is 13.3 Å². The molecule has 0 atom stereocenters. The van der Waals surface area contributed by atoms with E-state index in [0.29, 0.717) is 5.69 Å². The maximum Gasteiger partial charge on any atom is 0.356 e. The number of nitrogens with zero attached hydrogens (tertiary/aromatic N) is 1. The molecule has 0 bridgehead atoms. The molecule has 128 valence electrons. The van der Waals surface area contributed by atoms with Gasteiger partial charge in [-0.15, -0.1) is 0 Å². The van der Waals surface area contributed by atoms with Gasteiger partial charge >= 0.3 is 5.97 Å². The Labute approximate surface area is 145 Å². The van der Waals surface area contributed by atoms with Crippen molar-refractivity contribution in [1.29, 1.82) is 0 Å². The largest absolute Gasteiger partial charge is 0.461 e. The number of aromatic amines is 1. The minimum Gasteiger partial charge on any atom is -0.461 e. The fourth-order valence-electron chi connectivity index (χ4n) is 2.52. The minimum atomic E-state index is -0.487. The van der Waals surface area contributed by atoms with Crippen molar-refractivity contribution in [2.24, 2.45) is 0 Å². The Kier molecular flexibility index (Phi) is 4.99. The Morgan fingerprint density at radius 3 is 2.52 bits per heavy atom. The summed E-state index contributed by atoms with van der Waals surface area (Å²) in [6.45, 7) is 2.01. The first kappa shape index (κ1) is 16.6. The van der Waals surface area contributed by atoms with Gasteiger partial charge in [0.05, 0.1) is 18.7 Å². The number of H-pyrrole nitrogens is 1. The highest BCUT2D eigenvalue weighted by atomic mass is 16.5. The van der Waals surface area contributed by atoms with Crippen LogP contribution in [0.4, 0.5) is 5.69 Å². The van der Waals surface area contributed by atoms with E-state index in [1.807, 2.05) is 53.4 Å². The monoisotopic (exact) mass is 337 g/mol. The SMILES string of the molecule is CCOC(=O)c1[nH]ccc1NC(=O)Cc1ccc(-n2cccc2)cc1. The number of aromatic nitrogens is 2. The lowest BCUT2D eigenvalue weighted by atomic mass is 10.1. The number of rotatable bonds is 6. The summed E-state index contributed by atoms with van der Waals surface area (Å²) in [7, 11) is 0. The minimum absolute atomic E-state index is 0.195. The number of nitrogens with one attached hydrogen (secondary N) is 2. The number of hydrogen-bond acceptors (Lipinski definition) is 3. The van der Waals surface area contributed by atoms with Crippen LogP contribution in [0.1, 0.15) is 23.0 Å². The van der Waals surface area contributed by atoms with Crippen LogP contribution in [-0.2, 0) is 16.0 Å². The average molecular weight is 337 g/mol. The van der Waals surface area contributed by atoms with E-state index in [4.69, 9.17) is 4.74 Å². The van der Waals surface area contributed by atoms with Gasteiger partial charge in [0.1, 0.15) is 5.69 Å². The van der Waals surface area contributed by atoms with Crippen LogP contribution >= 0.6 is 0 Å². The maximum absolute atomic E-state index is 12.2. The summed E-state index contributed by atoms with van der Waals surface area (Å²) < 4.78 is 6.95. The molecule has 25 heavy (non-hydrogen) atoms. The topological polar surface area (TPSA) is 76.1 Å². The van der Waals surface area contributed by atoms with Crippen molar-refractivity contribution in [3.63, 3.8) is 0 Å². The van der Waals surface area contributed by atoms with E-state index in [0.717, 1.165) is 11.3 Å². The van der Waals surface area contributed by atoms with Crippen LogP contribution in [0.2, 0.25) is 0 Å². The smallest absolute Gasteiger partial charge is 0.356 e. The fourth-order valence-corrected chi connectivity index (χ4v) is 2.52. The van der Waals surface area contributed by atoms with Crippen molar-refractivity contribution >= 4 is 17.6 Å². The lowest BCUT2D eigenvalue weighted by Crippen LogP contribution is -2.17. The Hall–Kier alpha value is -3.28. The second-order valence-electron chi connectivity index (χ2n) is 5.47. The van der Waals surface area contributed by atoms with E-state index in [-0.39, 0.29) is 24.6 Å². The zero-order valence-corrected chi connectivity index (χ0v) is 13.9. The molecule has 2 heterocycles. The molecule has 0 aliphatic rings. The van der Waals surface area contributed by atoms with Gasteiger partial charge in [-0.1, -0.05) is 12.1 Å². The standard InChI is InChI=1S/C19H19N3O3/c1-2-25-19(24)18-16(9-10-20-18)21-17(23)13-14-5-7-15(8-6-14)22-11-3-4-12-22/h3-12,20H,2,13H2,1H3,(H,21,23). The van der Waals surface area contributed by atoms with Crippen molar-refractivity contribution in [1.82, 2.24) is 9.55 Å². The third-order valence-electron chi connectivity index (χ3n) is 3.70. The first-order valence-electron chi connectivity index (χ1n) is 8.04. The summed E-state index contributed by atoms with van der Waals surface area (Å²) >= 11 is 0. The van der Waals surface area contributed by atoms with Crippen LogP contribution in [0, 0.1) is 0 Å². The molecule has 0 spiro atoms. The number of ether oxygens (including phenoxy) is 1. The quantitative estimate of drug-likeness (QED) is 0.678. The van der Waals surface area contributed by atoms with E-state index in [2.05, 4.69) is 10.3 Å². The van der Waals surface area contributed by atoms with Crippen molar-refractivity contribution in [3.05, 3.63) is 72.3 Å². The molecule has 0 unspecified atom stereocenters. The first-order valence-corrected chi connectivity index (χ1v) is 8.04. The molecule has 3 rings (SSSR count). The molecule has 0 saturated heterocycles. The Morgan fingerprint density at radius 1 is 1.12 bits per heavy atom. The number of hydrogen-bond donors (Lipinski definition) is 2. The van der Waals surface area contributed by atoms with Gasteiger partial charge in [-0.25, -0.2) is 4.79 Å². The second kappa shape index (κ2) is 7.53. The molecule has 1 aromatic carbocycles. The van der Waals surface area contributed by atoms with Crippen LogP contribution in [0.15, 0.2) is 61.1 Å². The summed E-state index contributed by atoms with van der Waals surface area (Å²) in [6, 6.07) is 13.3. The summed E-state index contributed by atoms with van der Waals surface area (Å²) in [5, 5.41) is 2.74. The summed E-state index contributed by atoms with van der Waals surface area (Å²) in [4.78, 5) is 26.8. The first-order chi connectivity index (χ1) is 12.2. The molecule has 0 radical (unpaired) electrons. The van der Waals surface area contributed by atoms with Crippen LogP contribution in [-0.4, -0.2) is 28.0 Å². The predicted octanol–water partition coefficient (Wildman–Crippen LogP) is 3.16. The van der Waals surface area contributed by atoms with Crippen LogP contribution < -0.4 is 5.32 Å². The van der Waals surface area contributed by atoms with E-state index in [9.17, 15) is 9.59 Å². The predicted molar refractivity (Wildman–Crippen MR) is 94.9 cm³/mol.